The van der Waals surface area contributed by atoms with Crippen LogP contribution in [0.5, 0.6) is 0 Å². The maximum Gasteiger partial charge on any atom is 1.00 e. The van der Waals surface area contributed by atoms with Crippen molar-refractivity contribution in [2.75, 3.05) is 0 Å². The van der Waals surface area contributed by atoms with Crippen LogP contribution in [0.25, 0.3) is 16.6 Å². The number of para-hydroxylation sites is 1. The van der Waals surface area contributed by atoms with Crippen molar-refractivity contribution < 1.29 is 18.9 Å². The first kappa shape index (κ1) is 9.41. The van der Waals surface area contributed by atoms with Gasteiger partial charge in [0.05, 0.1) is 0 Å². The van der Waals surface area contributed by atoms with Crippen LogP contribution >= 0.6 is 0 Å². The number of aromatic nitrogens is 1. The first-order valence-electron chi connectivity index (χ1n) is 3.61. The summed E-state index contributed by atoms with van der Waals surface area (Å²) in [5.41, 5.74) is 9.41. The molecule has 0 fully saturated rings. The van der Waals surface area contributed by atoms with E-state index in [-0.39, 0.29) is 18.9 Å². The van der Waals surface area contributed by atoms with Crippen molar-refractivity contribution in [3.8, 4) is 0 Å². The molecule has 0 spiro atoms. The van der Waals surface area contributed by atoms with E-state index >= 15 is 0 Å². The van der Waals surface area contributed by atoms with Gasteiger partial charge in [-0.05, 0) is 17.0 Å². The summed E-state index contributed by atoms with van der Waals surface area (Å²) in [6, 6.07) is 8.03. The van der Waals surface area contributed by atoms with E-state index in [0.29, 0.717) is 6.54 Å². The average Bonchev–Trinajstić information content (AvgIpc) is 2.50. The predicted molar refractivity (Wildman–Crippen MR) is 46.3 cm³/mol. The fraction of sp³-hybridized carbons (Fsp3) is 0.111. The maximum absolute atomic E-state index is 7.24. The molecule has 0 saturated heterocycles. The zero-order chi connectivity index (χ0) is 7.68. The van der Waals surface area contributed by atoms with Crippen molar-refractivity contribution in [1.82, 2.24) is 4.98 Å². The van der Waals surface area contributed by atoms with Gasteiger partial charge in [-0.3, -0.25) is 0 Å². The van der Waals surface area contributed by atoms with E-state index in [4.69, 9.17) is 5.73 Å². The van der Waals surface area contributed by atoms with Gasteiger partial charge >= 0.3 is 18.9 Å². The molecule has 2 nitrogen and oxygen atoms in total. The van der Waals surface area contributed by atoms with Crippen molar-refractivity contribution in [3.05, 3.63) is 41.8 Å². The van der Waals surface area contributed by atoms with Gasteiger partial charge in [0.1, 0.15) is 0 Å². The van der Waals surface area contributed by atoms with Crippen LogP contribution in [-0.2, 0) is 6.54 Å². The monoisotopic (exact) mass is 152 g/mol. The molecular weight excluding hydrogens is 143 g/mol. The molecule has 1 aromatic heterocycles. The van der Waals surface area contributed by atoms with Gasteiger partial charge in [0, 0.05) is 11.7 Å². The summed E-state index contributed by atoms with van der Waals surface area (Å²) in [5.74, 6) is 0. The second kappa shape index (κ2) is 3.82. The third-order valence-corrected chi connectivity index (χ3v) is 1.86. The van der Waals surface area contributed by atoms with E-state index in [1.807, 2.05) is 30.5 Å². The topological polar surface area (TPSA) is 39.6 Å². The summed E-state index contributed by atoms with van der Waals surface area (Å²) < 4.78 is 0. The van der Waals surface area contributed by atoms with Gasteiger partial charge in [-0.15, -0.1) is 6.54 Å². The Morgan fingerprint density at radius 2 is 2.08 bits per heavy atom. The summed E-state index contributed by atoms with van der Waals surface area (Å²) in [6.07, 6.45) is 1.91. The molecule has 0 bridgehead atoms. The van der Waals surface area contributed by atoms with E-state index < -0.39 is 0 Å². The molecule has 0 aliphatic carbocycles. The zero-order valence-corrected chi connectivity index (χ0v) is 7.09. The smallest absolute Gasteiger partial charge is 0.674 e. The molecule has 0 saturated carbocycles. The minimum absolute atomic E-state index is 0. The van der Waals surface area contributed by atoms with Gasteiger partial charge in [-0.1, -0.05) is 18.2 Å². The number of nitrogens with one attached hydrogen (secondary N) is 2. The number of hydrogen-bond donors (Lipinski definition) is 1. The Kier molecular flexibility index (Phi) is 2.99. The zero-order valence-electron chi connectivity index (χ0n) is 7.09. The molecule has 2 aromatic rings. The molecular formula is C9H9LiN2. The SMILES string of the molecule is [Li+].[NH-]Cc1cccc2cc[nH]c12. The Morgan fingerprint density at radius 3 is 2.83 bits per heavy atom. The van der Waals surface area contributed by atoms with Crippen molar-refractivity contribution >= 4 is 10.9 Å². The van der Waals surface area contributed by atoms with Gasteiger partial charge < -0.3 is 10.7 Å². The molecule has 3 heteroatoms. The normalized spacial score (nSPS) is 9.75. The van der Waals surface area contributed by atoms with Crippen molar-refractivity contribution in [2.24, 2.45) is 0 Å². The van der Waals surface area contributed by atoms with E-state index in [2.05, 4.69) is 4.98 Å². The Labute approximate surface area is 83.3 Å². The first-order valence-corrected chi connectivity index (χ1v) is 3.61. The third-order valence-electron chi connectivity index (χ3n) is 1.86. The average molecular weight is 152 g/mol. The van der Waals surface area contributed by atoms with Crippen LogP contribution in [0.3, 0.4) is 0 Å². The van der Waals surface area contributed by atoms with E-state index in [1.54, 1.807) is 0 Å². The largest absolute Gasteiger partial charge is 1.00 e. The van der Waals surface area contributed by atoms with Gasteiger partial charge in [0.2, 0.25) is 0 Å². The Morgan fingerprint density at radius 1 is 1.25 bits per heavy atom. The molecule has 1 aromatic carbocycles. The molecule has 0 radical (unpaired) electrons. The Hall–Kier alpha value is -0.683. The first-order chi connectivity index (χ1) is 5.42. The van der Waals surface area contributed by atoms with Gasteiger partial charge in [0.25, 0.3) is 0 Å². The second-order valence-corrected chi connectivity index (χ2v) is 2.54. The number of rotatable bonds is 1. The summed E-state index contributed by atoms with van der Waals surface area (Å²) in [5, 5.41) is 1.19. The molecule has 56 valence electrons. The van der Waals surface area contributed by atoms with E-state index in [9.17, 15) is 0 Å². The van der Waals surface area contributed by atoms with E-state index in [0.717, 1.165) is 11.1 Å². The molecule has 0 amide bonds. The van der Waals surface area contributed by atoms with Gasteiger partial charge in [-0.2, -0.15) is 0 Å². The maximum atomic E-state index is 7.24. The van der Waals surface area contributed by atoms with Crippen LogP contribution in [0, 0.1) is 0 Å². The minimum atomic E-state index is 0. The fourth-order valence-corrected chi connectivity index (χ4v) is 1.30. The minimum Gasteiger partial charge on any atom is -0.674 e. The summed E-state index contributed by atoms with van der Waals surface area (Å²) in [7, 11) is 0. The number of hydrogen-bond acceptors (Lipinski definition) is 0. The second-order valence-electron chi connectivity index (χ2n) is 2.54. The number of H-pyrrole nitrogens is 1. The molecule has 0 unspecified atom stereocenters. The summed E-state index contributed by atoms with van der Waals surface area (Å²) in [4.78, 5) is 3.12. The van der Waals surface area contributed by atoms with Crippen LogP contribution in [0.1, 0.15) is 5.56 Å². The molecule has 12 heavy (non-hydrogen) atoms. The molecule has 2 rings (SSSR count). The Bertz CT molecular complexity index is 367. The van der Waals surface area contributed by atoms with Gasteiger partial charge in [-0.25, -0.2) is 0 Å². The van der Waals surface area contributed by atoms with Crippen molar-refractivity contribution in [3.63, 3.8) is 0 Å². The van der Waals surface area contributed by atoms with Crippen LogP contribution in [0.4, 0.5) is 0 Å². The standard InChI is InChI=1S/C9H9N2.Li/c10-6-8-3-1-2-7-4-5-11-9(7)8;/h1-5,10-11H,6H2;/q-1;+1. The molecule has 0 aliphatic heterocycles. The molecule has 1 heterocycles. The van der Waals surface area contributed by atoms with Crippen LogP contribution < -0.4 is 18.9 Å². The third kappa shape index (κ3) is 1.42. The molecule has 0 aliphatic rings. The number of fused-ring (bicyclic) bond motifs is 1. The Balaban J connectivity index is 0.000000720. The van der Waals surface area contributed by atoms with Crippen LogP contribution in [0.15, 0.2) is 30.5 Å². The van der Waals surface area contributed by atoms with Crippen LogP contribution in [-0.4, -0.2) is 4.98 Å². The van der Waals surface area contributed by atoms with Gasteiger partial charge in [0.15, 0.2) is 0 Å². The molecule has 2 N–H and O–H groups in total. The summed E-state index contributed by atoms with van der Waals surface area (Å²) in [6.45, 7) is 0.345. The number of aromatic amines is 1. The van der Waals surface area contributed by atoms with Crippen molar-refractivity contribution in [1.29, 1.82) is 0 Å². The summed E-state index contributed by atoms with van der Waals surface area (Å²) >= 11 is 0. The fourth-order valence-electron chi connectivity index (χ4n) is 1.30. The predicted octanol–water partition coefficient (Wildman–Crippen LogP) is -0.276. The quantitative estimate of drug-likeness (QED) is 0.546. The van der Waals surface area contributed by atoms with E-state index in [1.165, 1.54) is 5.39 Å². The number of benzene rings is 1. The van der Waals surface area contributed by atoms with Crippen LogP contribution in [0.2, 0.25) is 0 Å². The van der Waals surface area contributed by atoms with Crippen molar-refractivity contribution in [2.45, 2.75) is 6.54 Å². The molecule has 0 atom stereocenters.